The van der Waals surface area contributed by atoms with Gasteiger partial charge in [-0.25, -0.2) is 4.79 Å². The molecule has 0 aromatic heterocycles. The maximum atomic E-state index is 10.6. The zero-order chi connectivity index (χ0) is 10.7. The van der Waals surface area contributed by atoms with E-state index in [1.807, 2.05) is 38.1 Å². The van der Waals surface area contributed by atoms with Crippen LogP contribution in [0.15, 0.2) is 18.2 Å². The molecule has 14 heavy (non-hydrogen) atoms. The van der Waals surface area contributed by atoms with Crippen molar-refractivity contribution in [3.8, 4) is 5.75 Å². The Hall–Kier alpha value is -1.71. The van der Waals surface area contributed by atoms with Crippen LogP contribution in [0.5, 0.6) is 5.75 Å². The summed E-state index contributed by atoms with van der Waals surface area (Å²) in [4.78, 5) is 12.5. The number of hydrogen-bond acceptors (Lipinski definition) is 3. The van der Waals surface area contributed by atoms with Crippen molar-refractivity contribution in [2.75, 3.05) is 19.0 Å². The van der Waals surface area contributed by atoms with E-state index in [9.17, 15) is 4.79 Å². The minimum Gasteiger partial charge on any atom is -0.410 e. The third-order valence-electron chi connectivity index (χ3n) is 1.90. The average Bonchev–Trinajstić information content (AvgIpc) is 2.07. The van der Waals surface area contributed by atoms with Crippen molar-refractivity contribution in [3.63, 3.8) is 0 Å². The first-order chi connectivity index (χ1) is 6.50. The molecule has 76 valence electrons. The van der Waals surface area contributed by atoms with Crippen molar-refractivity contribution >= 4 is 11.8 Å². The first-order valence-electron chi connectivity index (χ1n) is 4.26. The maximum absolute atomic E-state index is 10.6. The van der Waals surface area contributed by atoms with Crippen LogP contribution in [0.3, 0.4) is 0 Å². The summed E-state index contributed by atoms with van der Waals surface area (Å²) in [6, 6.07) is 5.61. The highest BCUT2D eigenvalue weighted by Crippen LogP contribution is 2.23. The predicted octanol–water partition coefficient (Wildman–Crippen LogP) is 1.52. The van der Waals surface area contributed by atoms with Crippen LogP contribution in [-0.2, 0) is 0 Å². The highest BCUT2D eigenvalue weighted by Gasteiger charge is 2.05. The van der Waals surface area contributed by atoms with E-state index in [-0.39, 0.29) is 0 Å². The monoisotopic (exact) mass is 194 g/mol. The van der Waals surface area contributed by atoms with Gasteiger partial charge in [0.2, 0.25) is 0 Å². The second kappa shape index (κ2) is 4.00. The number of benzene rings is 1. The molecule has 0 aliphatic heterocycles. The van der Waals surface area contributed by atoms with Gasteiger partial charge in [-0.05, 0) is 18.6 Å². The first-order valence-corrected chi connectivity index (χ1v) is 4.26. The normalized spacial score (nSPS) is 9.64. The van der Waals surface area contributed by atoms with Gasteiger partial charge in [0.1, 0.15) is 5.75 Å². The summed E-state index contributed by atoms with van der Waals surface area (Å²) in [5.41, 5.74) is 6.79. The number of nitrogens with two attached hydrogens (primary N) is 1. The summed E-state index contributed by atoms with van der Waals surface area (Å²) in [7, 11) is 3.83. The molecule has 0 saturated carbocycles. The summed E-state index contributed by atoms with van der Waals surface area (Å²) >= 11 is 0. The maximum Gasteiger partial charge on any atom is 0.409 e. The van der Waals surface area contributed by atoms with Crippen LogP contribution >= 0.6 is 0 Å². The van der Waals surface area contributed by atoms with Gasteiger partial charge in [0.05, 0.1) is 0 Å². The van der Waals surface area contributed by atoms with Crippen molar-refractivity contribution in [1.82, 2.24) is 0 Å². The van der Waals surface area contributed by atoms with E-state index in [1.165, 1.54) is 0 Å². The Morgan fingerprint density at radius 2 is 2.07 bits per heavy atom. The Labute approximate surface area is 83.3 Å². The van der Waals surface area contributed by atoms with E-state index in [0.717, 1.165) is 11.3 Å². The van der Waals surface area contributed by atoms with Gasteiger partial charge < -0.3 is 15.4 Å². The Morgan fingerprint density at radius 3 is 2.57 bits per heavy atom. The number of hydrogen-bond donors (Lipinski definition) is 1. The van der Waals surface area contributed by atoms with E-state index in [2.05, 4.69) is 0 Å². The molecule has 0 unspecified atom stereocenters. The van der Waals surface area contributed by atoms with Gasteiger partial charge in [0.15, 0.2) is 0 Å². The minimum absolute atomic E-state index is 0.503. The molecule has 4 nitrogen and oxygen atoms in total. The molecule has 1 aromatic rings. The number of primary amides is 1. The fourth-order valence-electron chi connectivity index (χ4n) is 1.09. The van der Waals surface area contributed by atoms with Crippen LogP contribution < -0.4 is 15.4 Å². The molecule has 1 amide bonds. The number of anilines is 1. The molecule has 0 atom stereocenters. The third kappa shape index (κ3) is 2.39. The first kappa shape index (κ1) is 10.4. The van der Waals surface area contributed by atoms with Crippen molar-refractivity contribution in [3.05, 3.63) is 23.8 Å². The average molecular weight is 194 g/mol. The molecular formula is C10H14N2O2. The van der Waals surface area contributed by atoms with E-state index in [0.29, 0.717) is 5.75 Å². The third-order valence-corrected chi connectivity index (χ3v) is 1.90. The van der Waals surface area contributed by atoms with Crippen LogP contribution in [0.4, 0.5) is 10.5 Å². The van der Waals surface area contributed by atoms with Gasteiger partial charge in [0, 0.05) is 25.8 Å². The van der Waals surface area contributed by atoms with E-state index >= 15 is 0 Å². The molecule has 0 saturated heterocycles. The number of amides is 1. The zero-order valence-electron chi connectivity index (χ0n) is 8.57. The van der Waals surface area contributed by atoms with Crippen LogP contribution in [0.25, 0.3) is 0 Å². The van der Waals surface area contributed by atoms with Gasteiger partial charge in [-0.2, -0.15) is 0 Å². The quantitative estimate of drug-likeness (QED) is 0.776. The fraction of sp³-hybridized carbons (Fsp3) is 0.300. The van der Waals surface area contributed by atoms with Gasteiger partial charge in [-0.15, -0.1) is 0 Å². The second-order valence-corrected chi connectivity index (χ2v) is 3.27. The zero-order valence-corrected chi connectivity index (χ0v) is 8.57. The van der Waals surface area contributed by atoms with Gasteiger partial charge in [0.25, 0.3) is 0 Å². The molecule has 1 aromatic carbocycles. The van der Waals surface area contributed by atoms with E-state index in [4.69, 9.17) is 10.5 Å². The van der Waals surface area contributed by atoms with Gasteiger partial charge in [-0.3, -0.25) is 0 Å². The summed E-state index contributed by atoms with van der Waals surface area (Å²) in [5.74, 6) is 0.503. The second-order valence-electron chi connectivity index (χ2n) is 3.27. The molecular weight excluding hydrogens is 180 g/mol. The largest absolute Gasteiger partial charge is 0.410 e. The predicted molar refractivity (Wildman–Crippen MR) is 55.7 cm³/mol. The van der Waals surface area contributed by atoms with E-state index in [1.54, 1.807) is 6.07 Å². The molecule has 0 aliphatic rings. The van der Waals surface area contributed by atoms with Crippen molar-refractivity contribution in [2.45, 2.75) is 6.92 Å². The van der Waals surface area contributed by atoms with Crippen LogP contribution in [0.1, 0.15) is 5.56 Å². The topological polar surface area (TPSA) is 55.6 Å². The number of rotatable bonds is 2. The van der Waals surface area contributed by atoms with Crippen molar-refractivity contribution in [2.24, 2.45) is 5.73 Å². The smallest absolute Gasteiger partial charge is 0.409 e. The van der Waals surface area contributed by atoms with Gasteiger partial charge >= 0.3 is 6.09 Å². The number of ether oxygens (including phenoxy) is 1. The molecule has 0 heterocycles. The van der Waals surface area contributed by atoms with Gasteiger partial charge in [-0.1, -0.05) is 6.07 Å². The molecule has 4 heteroatoms. The lowest BCUT2D eigenvalue weighted by Crippen LogP contribution is -2.17. The highest BCUT2D eigenvalue weighted by atomic mass is 16.5. The van der Waals surface area contributed by atoms with Crippen LogP contribution in [0, 0.1) is 6.92 Å². The lowest BCUT2D eigenvalue weighted by atomic mass is 10.2. The molecule has 0 fully saturated rings. The number of carbonyl (C=O) groups is 1. The fourth-order valence-corrected chi connectivity index (χ4v) is 1.09. The van der Waals surface area contributed by atoms with Crippen molar-refractivity contribution < 1.29 is 9.53 Å². The molecule has 0 spiro atoms. The van der Waals surface area contributed by atoms with Crippen molar-refractivity contribution in [1.29, 1.82) is 0 Å². The molecule has 0 radical (unpaired) electrons. The number of nitrogens with zero attached hydrogens (tertiary/aromatic N) is 1. The minimum atomic E-state index is -0.788. The molecule has 2 N–H and O–H groups in total. The Kier molecular flexibility index (Phi) is 2.96. The Bertz CT molecular complexity index is 348. The molecule has 0 aliphatic carbocycles. The lowest BCUT2D eigenvalue weighted by Gasteiger charge is -2.14. The van der Waals surface area contributed by atoms with E-state index < -0.39 is 6.09 Å². The van der Waals surface area contributed by atoms with Crippen LogP contribution in [-0.4, -0.2) is 20.2 Å². The number of aryl methyl sites for hydroxylation is 1. The Balaban J connectivity index is 3.02. The summed E-state index contributed by atoms with van der Waals surface area (Å²) in [6.07, 6.45) is -0.788. The molecule has 0 bridgehead atoms. The highest BCUT2D eigenvalue weighted by molar-refractivity contribution is 5.69. The standard InChI is InChI=1S/C10H14N2O2/c1-7-4-5-8(12(2)3)6-9(7)14-10(11)13/h4-6H,1-3H3,(H2,11,13). The number of carbonyl (C=O) groups excluding carboxylic acids is 1. The lowest BCUT2D eigenvalue weighted by molar-refractivity contribution is 0.210. The summed E-state index contributed by atoms with van der Waals surface area (Å²) in [6.45, 7) is 1.86. The van der Waals surface area contributed by atoms with Crippen LogP contribution in [0.2, 0.25) is 0 Å². The Morgan fingerprint density at radius 1 is 1.43 bits per heavy atom. The SMILES string of the molecule is Cc1ccc(N(C)C)cc1OC(N)=O. The summed E-state index contributed by atoms with van der Waals surface area (Å²) < 4.78 is 4.85. The summed E-state index contributed by atoms with van der Waals surface area (Å²) in [5, 5.41) is 0. The molecule has 1 rings (SSSR count).